The molecule has 4 rings (SSSR count). The van der Waals surface area contributed by atoms with E-state index in [1.54, 1.807) is 29.7 Å². The van der Waals surface area contributed by atoms with Crippen LogP contribution in [0.25, 0.3) is 0 Å². The van der Waals surface area contributed by atoms with E-state index in [-0.39, 0.29) is 17.5 Å². The molecule has 1 heterocycles. The number of aromatic nitrogens is 1. The fraction of sp³-hybridized carbons (Fsp3) is 0.0833. The van der Waals surface area contributed by atoms with Crippen molar-refractivity contribution in [3.63, 3.8) is 0 Å². The molecule has 0 radical (unpaired) electrons. The molecule has 3 aromatic carbocycles. The van der Waals surface area contributed by atoms with Crippen molar-refractivity contribution in [2.24, 2.45) is 0 Å². The molecular weight excluding hydrogens is 369 g/mol. The molecule has 2 nitrogen and oxygen atoms in total. The number of carbonyl (C=O) groups excluding carboxylic acids is 1. The van der Waals surface area contributed by atoms with Crippen molar-refractivity contribution in [1.82, 2.24) is 4.98 Å². The van der Waals surface area contributed by atoms with Crippen LogP contribution in [-0.2, 0) is 6.42 Å². The Morgan fingerprint density at radius 2 is 1.64 bits per heavy atom. The minimum absolute atomic E-state index is 0.00759. The second-order valence-corrected chi connectivity index (χ2v) is 7.46. The zero-order valence-corrected chi connectivity index (χ0v) is 15.9. The minimum Gasteiger partial charge on any atom is -0.289 e. The van der Waals surface area contributed by atoms with Gasteiger partial charge in [0.25, 0.3) is 0 Å². The van der Waals surface area contributed by atoms with Crippen molar-refractivity contribution in [2.45, 2.75) is 12.3 Å². The SMILES string of the molecule is O=C(c1ccccc1)c1ccccc1CC(c1ccc(F)cc1)c1nccs1. The van der Waals surface area contributed by atoms with Crippen LogP contribution in [0.2, 0.25) is 0 Å². The molecule has 0 amide bonds. The Morgan fingerprint density at radius 1 is 0.929 bits per heavy atom. The van der Waals surface area contributed by atoms with Gasteiger partial charge < -0.3 is 0 Å². The highest BCUT2D eigenvalue weighted by atomic mass is 32.1. The zero-order valence-electron chi connectivity index (χ0n) is 15.1. The summed E-state index contributed by atoms with van der Waals surface area (Å²) in [6.45, 7) is 0. The minimum atomic E-state index is -0.263. The van der Waals surface area contributed by atoms with Gasteiger partial charge in [-0.2, -0.15) is 0 Å². The van der Waals surface area contributed by atoms with Gasteiger partial charge in [-0.1, -0.05) is 66.7 Å². The van der Waals surface area contributed by atoms with Crippen molar-refractivity contribution in [3.8, 4) is 0 Å². The summed E-state index contributed by atoms with van der Waals surface area (Å²) >= 11 is 1.57. The van der Waals surface area contributed by atoms with Gasteiger partial charge in [0.05, 0.1) is 0 Å². The molecule has 0 fully saturated rings. The summed E-state index contributed by atoms with van der Waals surface area (Å²) in [5, 5.41) is 2.89. The van der Waals surface area contributed by atoms with Gasteiger partial charge in [0.1, 0.15) is 10.8 Å². The van der Waals surface area contributed by atoms with E-state index < -0.39 is 0 Å². The second kappa shape index (κ2) is 8.28. The Bertz CT molecular complexity index is 1060. The quantitative estimate of drug-likeness (QED) is 0.386. The van der Waals surface area contributed by atoms with E-state index in [4.69, 9.17) is 0 Å². The maximum atomic E-state index is 13.4. The van der Waals surface area contributed by atoms with E-state index in [1.165, 1.54) is 12.1 Å². The summed E-state index contributed by atoms with van der Waals surface area (Å²) in [5.41, 5.74) is 3.30. The second-order valence-electron chi connectivity index (χ2n) is 6.53. The summed E-state index contributed by atoms with van der Waals surface area (Å²) in [5.74, 6) is -0.292. The smallest absolute Gasteiger partial charge is 0.193 e. The number of hydrogen-bond donors (Lipinski definition) is 0. The van der Waals surface area contributed by atoms with E-state index in [9.17, 15) is 9.18 Å². The molecule has 0 aliphatic carbocycles. The third kappa shape index (κ3) is 3.92. The van der Waals surface area contributed by atoms with Gasteiger partial charge in [-0.25, -0.2) is 9.37 Å². The first kappa shape index (κ1) is 18.3. The Morgan fingerprint density at radius 3 is 2.36 bits per heavy atom. The molecule has 0 saturated heterocycles. The third-order valence-corrected chi connectivity index (χ3v) is 5.63. The highest BCUT2D eigenvalue weighted by molar-refractivity contribution is 7.09. The number of carbonyl (C=O) groups is 1. The topological polar surface area (TPSA) is 30.0 Å². The lowest BCUT2D eigenvalue weighted by atomic mass is 9.88. The predicted molar refractivity (Wildman–Crippen MR) is 110 cm³/mol. The van der Waals surface area contributed by atoms with Crippen LogP contribution in [0.5, 0.6) is 0 Å². The van der Waals surface area contributed by atoms with E-state index in [2.05, 4.69) is 4.98 Å². The molecule has 0 N–H and O–H groups in total. The van der Waals surface area contributed by atoms with Gasteiger partial charge >= 0.3 is 0 Å². The number of hydrogen-bond acceptors (Lipinski definition) is 3. The highest BCUT2D eigenvalue weighted by Gasteiger charge is 2.21. The van der Waals surface area contributed by atoms with Crippen molar-refractivity contribution >= 4 is 17.1 Å². The van der Waals surface area contributed by atoms with E-state index in [1.807, 2.05) is 60.0 Å². The van der Waals surface area contributed by atoms with E-state index in [0.29, 0.717) is 17.5 Å². The summed E-state index contributed by atoms with van der Waals surface area (Å²) in [4.78, 5) is 17.5. The van der Waals surface area contributed by atoms with Gasteiger partial charge in [-0.05, 0) is 29.7 Å². The lowest BCUT2D eigenvalue weighted by molar-refractivity contribution is 0.103. The van der Waals surface area contributed by atoms with Crippen LogP contribution in [0.4, 0.5) is 4.39 Å². The molecule has 138 valence electrons. The Kier molecular flexibility index (Phi) is 5.40. The third-order valence-electron chi connectivity index (χ3n) is 4.74. The molecular formula is C24H18FNOS. The molecule has 0 bridgehead atoms. The molecule has 0 spiro atoms. The van der Waals surface area contributed by atoms with Crippen molar-refractivity contribution in [3.05, 3.63) is 124 Å². The summed E-state index contributed by atoms with van der Waals surface area (Å²) in [7, 11) is 0. The number of ketones is 1. The number of rotatable bonds is 6. The monoisotopic (exact) mass is 387 g/mol. The van der Waals surface area contributed by atoms with Crippen molar-refractivity contribution in [2.75, 3.05) is 0 Å². The summed E-state index contributed by atoms with van der Waals surface area (Å²) in [6.07, 6.45) is 2.39. The average molecular weight is 387 g/mol. The number of halogens is 1. The normalized spacial score (nSPS) is 11.9. The first-order chi connectivity index (χ1) is 13.7. The molecule has 28 heavy (non-hydrogen) atoms. The number of nitrogens with zero attached hydrogens (tertiary/aromatic N) is 1. The fourth-order valence-electron chi connectivity index (χ4n) is 3.33. The van der Waals surface area contributed by atoms with Crippen LogP contribution in [0.15, 0.2) is 90.4 Å². The van der Waals surface area contributed by atoms with Crippen LogP contribution in [0, 0.1) is 5.82 Å². The van der Waals surface area contributed by atoms with Crippen LogP contribution < -0.4 is 0 Å². The summed E-state index contributed by atoms with van der Waals surface area (Å²) in [6, 6.07) is 23.5. The molecule has 1 atom stereocenters. The van der Waals surface area contributed by atoms with E-state index in [0.717, 1.165) is 16.1 Å². The van der Waals surface area contributed by atoms with Gasteiger partial charge in [0, 0.05) is 28.6 Å². The molecule has 0 aliphatic heterocycles. The number of thiazole rings is 1. The lowest BCUT2D eigenvalue weighted by Crippen LogP contribution is -2.10. The van der Waals surface area contributed by atoms with Gasteiger partial charge in [0.15, 0.2) is 5.78 Å². The molecule has 0 aliphatic rings. The molecule has 4 heteroatoms. The predicted octanol–water partition coefficient (Wildman–Crippen LogP) is 5.89. The van der Waals surface area contributed by atoms with Crippen molar-refractivity contribution < 1.29 is 9.18 Å². The van der Waals surface area contributed by atoms with Gasteiger partial charge in [-0.15, -0.1) is 11.3 Å². The van der Waals surface area contributed by atoms with E-state index >= 15 is 0 Å². The number of benzene rings is 3. The molecule has 1 unspecified atom stereocenters. The Labute approximate surface area is 167 Å². The maximum Gasteiger partial charge on any atom is 0.193 e. The fourth-order valence-corrected chi connectivity index (χ4v) is 4.10. The molecule has 1 aromatic heterocycles. The Balaban J connectivity index is 1.72. The van der Waals surface area contributed by atoms with Crippen LogP contribution in [0.3, 0.4) is 0 Å². The lowest BCUT2D eigenvalue weighted by Gasteiger charge is -2.17. The van der Waals surface area contributed by atoms with Gasteiger partial charge in [0.2, 0.25) is 0 Å². The summed E-state index contributed by atoms with van der Waals surface area (Å²) < 4.78 is 13.4. The Hall–Kier alpha value is -3.11. The largest absolute Gasteiger partial charge is 0.289 e. The first-order valence-electron chi connectivity index (χ1n) is 9.05. The molecule has 0 saturated carbocycles. The standard InChI is InChI=1S/C24H18FNOS/c25-20-12-10-17(11-13-20)22(24-26-14-15-28-24)16-19-8-4-5-9-21(19)23(27)18-6-2-1-3-7-18/h1-15,22H,16H2. The average Bonchev–Trinajstić information content (AvgIpc) is 3.28. The van der Waals surface area contributed by atoms with Crippen LogP contribution in [0.1, 0.15) is 38.0 Å². The van der Waals surface area contributed by atoms with Crippen LogP contribution >= 0.6 is 11.3 Å². The maximum absolute atomic E-state index is 13.4. The zero-order chi connectivity index (χ0) is 19.3. The highest BCUT2D eigenvalue weighted by Crippen LogP contribution is 2.31. The van der Waals surface area contributed by atoms with Crippen molar-refractivity contribution in [1.29, 1.82) is 0 Å². The van der Waals surface area contributed by atoms with Gasteiger partial charge in [-0.3, -0.25) is 4.79 Å². The van der Waals surface area contributed by atoms with Crippen LogP contribution in [-0.4, -0.2) is 10.8 Å². The first-order valence-corrected chi connectivity index (χ1v) is 9.93. The molecule has 4 aromatic rings.